The third kappa shape index (κ3) is 10.5. The molecule has 0 aromatic carbocycles. The number of hydrogen-bond acceptors (Lipinski definition) is 0. The predicted molar refractivity (Wildman–Crippen MR) is 75.5 cm³/mol. The SMILES string of the molecule is [CH2]CC(C)CCCCC(C)CCCCCC. The van der Waals surface area contributed by atoms with E-state index in [1.807, 2.05) is 0 Å². The Bertz CT molecular complexity index is 128. The molecule has 0 aliphatic carbocycles. The van der Waals surface area contributed by atoms with E-state index in [4.69, 9.17) is 0 Å². The molecule has 0 bridgehead atoms. The molecule has 0 aliphatic heterocycles. The Hall–Kier alpha value is 0. The Balaban J connectivity index is 3.20. The van der Waals surface area contributed by atoms with E-state index in [2.05, 4.69) is 27.7 Å². The fourth-order valence-corrected chi connectivity index (χ4v) is 2.19. The molecule has 0 heterocycles. The van der Waals surface area contributed by atoms with Gasteiger partial charge in [-0.15, -0.1) is 0 Å². The fourth-order valence-electron chi connectivity index (χ4n) is 2.19. The van der Waals surface area contributed by atoms with E-state index in [0.717, 1.165) is 18.3 Å². The molecule has 0 saturated heterocycles. The fraction of sp³-hybridized carbons (Fsp3) is 0.938. The van der Waals surface area contributed by atoms with E-state index >= 15 is 0 Å². The van der Waals surface area contributed by atoms with Gasteiger partial charge in [0.05, 0.1) is 0 Å². The average molecular weight is 225 g/mol. The lowest BCUT2D eigenvalue weighted by Gasteiger charge is -2.12. The summed E-state index contributed by atoms with van der Waals surface area (Å²) in [4.78, 5) is 0. The van der Waals surface area contributed by atoms with Gasteiger partial charge in [-0.3, -0.25) is 0 Å². The standard InChI is InChI=1S/C16H33/c1-5-7-8-9-13-16(4)14-11-10-12-15(3)6-2/h15-16H,2,5-14H2,1,3-4H3. The van der Waals surface area contributed by atoms with Gasteiger partial charge < -0.3 is 0 Å². The summed E-state index contributed by atoms with van der Waals surface area (Å²) in [5.74, 6) is 1.78. The molecule has 0 fully saturated rings. The summed E-state index contributed by atoms with van der Waals surface area (Å²) in [6, 6.07) is 0. The Morgan fingerprint density at radius 3 is 1.75 bits per heavy atom. The van der Waals surface area contributed by atoms with Gasteiger partial charge >= 0.3 is 0 Å². The van der Waals surface area contributed by atoms with Crippen LogP contribution in [0.4, 0.5) is 0 Å². The van der Waals surface area contributed by atoms with Crippen molar-refractivity contribution in [1.82, 2.24) is 0 Å². The molecule has 0 aromatic heterocycles. The van der Waals surface area contributed by atoms with Crippen molar-refractivity contribution in [2.45, 2.75) is 85.0 Å². The minimum atomic E-state index is 0.833. The maximum Gasteiger partial charge on any atom is -0.0443 e. The predicted octanol–water partition coefficient (Wildman–Crippen LogP) is 6.01. The van der Waals surface area contributed by atoms with Gasteiger partial charge in [-0.2, -0.15) is 0 Å². The van der Waals surface area contributed by atoms with Crippen molar-refractivity contribution >= 4 is 0 Å². The highest BCUT2D eigenvalue weighted by atomic mass is 14.1. The number of rotatable bonds is 11. The van der Waals surface area contributed by atoms with Gasteiger partial charge in [-0.05, 0) is 11.8 Å². The largest absolute Gasteiger partial charge is 0.0654 e. The van der Waals surface area contributed by atoms with Crippen LogP contribution in [0.5, 0.6) is 0 Å². The van der Waals surface area contributed by atoms with Crippen LogP contribution < -0.4 is 0 Å². The molecule has 0 saturated carbocycles. The van der Waals surface area contributed by atoms with Gasteiger partial charge in [0.15, 0.2) is 0 Å². The van der Waals surface area contributed by atoms with Crippen LogP contribution in [0.1, 0.15) is 85.0 Å². The van der Waals surface area contributed by atoms with E-state index in [1.54, 1.807) is 0 Å². The van der Waals surface area contributed by atoms with E-state index < -0.39 is 0 Å². The minimum absolute atomic E-state index is 0.833. The van der Waals surface area contributed by atoms with Gasteiger partial charge in [0.25, 0.3) is 0 Å². The molecule has 2 atom stereocenters. The van der Waals surface area contributed by atoms with Gasteiger partial charge in [-0.25, -0.2) is 0 Å². The zero-order valence-electron chi connectivity index (χ0n) is 11.9. The third-order valence-corrected chi connectivity index (χ3v) is 3.69. The van der Waals surface area contributed by atoms with E-state index in [-0.39, 0.29) is 0 Å². The molecule has 0 amide bonds. The summed E-state index contributed by atoms with van der Waals surface area (Å²) in [6.07, 6.45) is 13.9. The van der Waals surface area contributed by atoms with Crippen LogP contribution in [0.25, 0.3) is 0 Å². The summed E-state index contributed by atoms with van der Waals surface area (Å²) in [7, 11) is 0. The van der Waals surface area contributed by atoms with Crippen molar-refractivity contribution in [2.24, 2.45) is 11.8 Å². The number of hydrogen-bond donors (Lipinski definition) is 0. The van der Waals surface area contributed by atoms with Gasteiger partial charge in [0, 0.05) is 0 Å². The van der Waals surface area contributed by atoms with E-state index in [0.29, 0.717) is 0 Å². The van der Waals surface area contributed by atoms with Crippen molar-refractivity contribution in [3.05, 3.63) is 6.92 Å². The number of unbranched alkanes of at least 4 members (excludes halogenated alkanes) is 4. The third-order valence-electron chi connectivity index (χ3n) is 3.69. The molecule has 97 valence electrons. The van der Waals surface area contributed by atoms with Gasteiger partial charge in [0.2, 0.25) is 0 Å². The summed E-state index contributed by atoms with van der Waals surface area (Å²) in [5.41, 5.74) is 0. The lowest BCUT2D eigenvalue weighted by atomic mass is 9.94. The Morgan fingerprint density at radius 2 is 1.25 bits per heavy atom. The summed E-state index contributed by atoms with van der Waals surface area (Å²) in [6.45, 7) is 11.0. The Kier molecular flexibility index (Phi) is 11.5. The van der Waals surface area contributed by atoms with Crippen LogP contribution in [0, 0.1) is 18.8 Å². The molecule has 1 radical (unpaired) electrons. The molecule has 0 rings (SSSR count). The van der Waals surface area contributed by atoms with Crippen molar-refractivity contribution in [3.63, 3.8) is 0 Å². The zero-order valence-corrected chi connectivity index (χ0v) is 11.9. The van der Waals surface area contributed by atoms with Crippen LogP contribution >= 0.6 is 0 Å². The first-order chi connectivity index (χ1) is 7.70. The highest BCUT2D eigenvalue weighted by Gasteiger charge is 2.03. The van der Waals surface area contributed by atoms with Gasteiger partial charge in [0.1, 0.15) is 0 Å². The molecule has 0 N–H and O–H groups in total. The van der Waals surface area contributed by atoms with Crippen LogP contribution in [0.15, 0.2) is 0 Å². The first-order valence-corrected chi connectivity index (χ1v) is 7.49. The highest BCUT2D eigenvalue weighted by molar-refractivity contribution is 4.58. The van der Waals surface area contributed by atoms with Crippen LogP contribution in [-0.4, -0.2) is 0 Å². The molecule has 0 nitrogen and oxygen atoms in total. The van der Waals surface area contributed by atoms with Crippen molar-refractivity contribution < 1.29 is 0 Å². The van der Waals surface area contributed by atoms with Crippen LogP contribution in [0.2, 0.25) is 0 Å². The Morgan fingerprint density at radius 1 is 0.750 bits per heavy atom. The molecule has 0 aromatic rings. The lowest BCUT2D eigenvalue weighted by molar-refractivity contribution is 0.418. The molecule has 0 aliphatic rings. The monoisotopic (exact) mass is 225 g/mol. The van der Waals surface area contributed by atoms with Crippen LogP contribution in [-0.2, 0) is 0 Å². The molecule has 2 unspecified atom stereocenters. The summed E-state index contributed by atoms with van der Waals surface area (Å²) >= 11 is 0. The van der Waals surface area contributed by atoms with Crippen LogP contribution in [0.3, 0.4) is 0 Å². The maximum atomic E-state index is 3.96. The molecule has 0 spiro atoms. The van der Waals surface area contributed by atoms with Crippen molar-refractivity contribution in [2.75, 3.05) is 0 Å². The second-order valence-electron chi connectivity index (χ2n) is 5.63. The molecule has 16 heavy (non-hydrogen) atoms. The van der Waals surface area contributed by atoms with Crippen molar-refractivity contribution in [3.8, 4) is 0 Å². The zero-order chi connectivity index (χ0) is 12.2. The maximum absolute atomic E-state index is 3.96. The molecular formula is C16H33. The first kappa shape index (κ1) is 16.0. The topological polar surface area (TPSA) is 0 Å². The first-order valence-electron chi connectivity index (χ1n) is 7.49. The summed E-state index contributed by atoms with van der Waals surface area (Å²) in [5, 5.41) is 0. The minimum Gasteiger partial charge on any atom is -0.0654 e. The lowest BCUT2D eigenvalue weighted by Crippen LogP contribution is -1.97. The second-order valence-corrected chi connectivity index (χ2v) is 5.63. The van der Waals surface area contributed by atoms with Gasteiger partial charge in [-0.1, -0.05) is 91.9 Å². The summed E-state index contributed by atoms with van der Waals surface area (Å²) < 4.78 is 0. The second kappa shape index (κ2) is 11.5. The Labute approximate surface area is 104 Å². The smallest absolute Gasteiger partial charge is 0.0443 e. The molecular weight excluding hydrogens is 192 g/mol. The van der Waals surface area contributed by atoms with E-state index in [9.17, 15) is 0 Å². The molecule has 0 heteroatoms. The normalized spacial score (nSPS) is 15.0. The van der Waals surface area contributed by atoms with E-state index in [1.165, 1.54) is 57.8 Å². The average Bonchev–Trinajstić information content (AvgIpc) is 2.30. The quantitative estimate of drug-likeness (QED) is 0.377. The highest BCUT2D eigenvalue weighted by Crippen LogP contribution is 2.19. The van der Waals surface area contributed by atoms with Crippen molar-refractivity contribution in [1.29, 1.82) is 0 Å².